The minimum Gasteiger partial charge on any atom is -0.463 e. The molecule has 5 rings (SSSR count). The lowest BCUT2D eigenvalue weighted by Gasteiger charge is -2.32. The van der Waals surface area contributed by atoms with Gasteiger partial charge in [-0.2, -0.15) is 5.10 Å². The Morgan fingerprint density at radius 3 is 2.39 bits per heavy atom. The van der Waals surface area contributed by atoms with Gasteiger partial charge in [0.1, 0.15) is 11.4 Å². The van der Waals surface area contributed by atoms with Crippen LogP contribution in [0.2, 0.25) is 5.02 Å². The van der Waals surface area contributed by atoms with Gasteiger partial charge < -0.3 is 9.32 Å². The molecular weight excluding hydrogens is 410 g/mol. The summed E-state index contributed by atoms with van der Waals surface area (Å²) >= 11 is 6.02. The summed E-state index contributed by atoms with van der Waals surface area (Å²) in [4.78, 5) is 15.4. The molecule has 1 aliphatic heterocycles. The third-order valence-electron chi connectivity index (χ3n) is 5.83. The van der Waals surface area contributed by atoms with Crippen molar-refractivity contribution in [2.24, 2.45) is 0 Å². The highest BCUT2D eigenvalue weighted by Gasteiger charge is 2.28. The van der Waals surface area contributed by atoms with E-state index in [1.54, 1.807) is 10.9 Å². The molecule has 6 heteroatoms. The van der Waals surface area contributed by atoms with Crippen LogP contribution in [-0.4, -0.2) is 33.7 Å². The highest BCUT2D eigenvalue weighted by atomic mass is 35.5. The maximum Gasteiger partial charge on any atom is 0.272 e. The Bertz CT molecular complexity index is 1160. The Kier molecular flexibility index (Phi) is 5.35. The van der Waals surface area contributed by atoms with Crippen LogP contribution in [0.4, 0.5) is 0 Å². The Morgan fingerprint density at radius 1 is 0.968 bits per heavy atom. The summed E-state index contributed by atoms with van der Waals surface area (Å²) in [6.45, 7) is 1.42. The van der Waals surface area contributed by atoms with Crippen LogP contribution in [0.1, 0.15) is 34.8 Å². The molecular formula is C25H22ClN3O2. The van der Waals surface area contributed by atoms with Gasteiger partial charge in [0.25, 0.3) is 5.91 Å². The van der Waals surface area contributed by atoms with E-state index in [1.807, 2.05) is 65.6 Å². The van der Waals surface area contributed by atoms with Crippen LogP contribution in [0.25, 0.3) is 17.1 Å². The number of carbonyl (C=O) groups excluding carboxylic acids is 1. The van der Waals surface area contributed by atoms with Gasteiger partial charge in [-0.3, -0.25) is 4.79 Å². The number of furan rings is 1. The van der Waals surface area contributed by atoms with Crippen molar-refractivity contribution in [2.75, 3.05) is 13.1 Å². The second kappa shape index (κ2) is 8.44. The second-order valence-corrected chi connectivity index (χ2v) is 8.19. The van der Waals surface area contributed by atoms with Crippen molar-refractivity contribution in [3.8, 4) is 17.1 Å². The molecule has 0 saturated carbocycles. The first-order chi connectivity index (χ1) is 15.2. The van der Waals surface area contributed by atoms with Gasteiger partial charge in [0.05, 0.1) is 12.0 Å². The topological polar surface area (TPSA) is 51.3 Å². The molecule has 0 radical (unpaired) electrons. The first kappa shape index (κ1) is 19.6. The van der Waals surface area contributed by atoms with Crippen LogP contribution in [0.15, 0.2) is 83.5 Å². The number of likely N-dealkylation sites (tertiary alicyclic amines) is 1. The molecule has 1 fully saturated rings. The van der Waals surface area contributed by atoms with Gasteiger partial charge in [-0.25, -0.2) is 4.68 Å². The van der Waals surface area contributed by atoms with Crippen molar-refractivity contribution in [3.63, 3.8) is 0 Å². The average Bonchev–Trinajstić information content (AvgIpc) is 3.50. The van der Waals surface area contributed by atoms with Crippen molar-refractivity contribution in [1.82, 2.24) is 14.7 Å². The monoisotopic (exact) mass is 431 g/mol. The summed E-state index contributed by atoms with van der Waals surface area (Å²) in [6, 6.07) is 23.3. The van der Waals surface area contributed by atoms with E-state index in [0.717, 1.165) is 23.6 Å². The molecule has 31 heavy (non-hydrogen) atoms. The smallest absolute Gasteiger partial charge is 0.272 e. The van der Waals surface area contributed by atoms with Crippen molar-refractivity contribution in [1.29, 1.82) is 0 Å². The van der Waals surface area contributed by atoms with Gasteiger partial charge in [-0.1, -0.05) is 41.9 Å². The Morgan fingerprint density at radius 2 is 1.71 bits per heavy atom. The van der Waals surface area contributed by atoms with E-state index in [4.69, 9.17) is 16.0 Å². The van der Waals surface area contributed by atoms with Crippen molar-refractivity contribution < 1.29 is 9.21 Å². The number of carbonyl (C=O) groups is 1. The fourth-order valence-electron chi connectivity index (χ4n) is 4.16. The van der Waals surface area contributed by atoms with Crippen LogP contribution in [0, 0.1) is 0 Å². The number of hydrogen-bond donors (Lipinski definition) is 0. The normalized spacial score (nSPS) is 14.7. The zero-order chi connectivity index (χ0) is 21.2. The number of nitrogens with zero attached hydrogens (tertiary/aromatic N) is 3. The molecule has 1 amide bonds. The number of amides is 1. The summed E-state index contributed by atoms with van der Waals surface area (Å²) in [6.07, 6.45) is 3.47. The summed E-state index contributed by atoms with van der Waals surface area (Å²) < 4.78 is 7.22. The molecule has 1 aliphatic rings. The number of halogens is 1. The minimum absolute atomic E-state index is 0.0104. The molecule has 0 atom stereocenters. The van der Waals surface area contributed by atoms with Crippen LogP contribution < -0.4 is 0 Å². The molecule has 5 nitrogen and oxygen atoms in total. The Hall–Kier alpha value is -3.31. The summed E-state index contributed by atoms with van der Waals surface area (Å²) in [5.41, 5.74) is 3.32. The second-order valence-electron chi connectivity index (χ2n) is 7.76. The van der Waals surface area contributed by atoms with E-state index in [2.05, 4.69) is 17.2 Å². The first-order valence-corrected chi connectivity index (χ1v) is 10.8. The fourth-order valence-corrected chi connectivity index (χ4v) is 4.28. The quantitative estimate of drug-likeness (QED) is 0.410. The molecule has 4 aromatic rings. The van der Waals surface area contributed by atoms with Gasteiger partial charge in [0, 0.05) is 24.2 Å². The van der Waals surface area contributed by atoms with Crippen LogP contribution in [-0.2, 0) is 0 Å². The van der Waals surface area contributed by atoms with E-state index in [1.165, 1.54) is 5.56 Å². The molecule has 2 aromatic carbocycles. The zero-order valence-electron chi connectivity index (χ0n) is 16.9. The van der Waals surface area contributed by atoms with Gasteiger partial charge in [-0.05, 0) is 60.7 Å². The van der Waals surface area contributed by atoms with Gasteiger partial charge in [0.15, 0.2) is 5.76 Å². The molecule has 3 heterocycles. The molecule has 2 aromatic heterocycles. The van der Waals surface area contributed by atoms with Gasteiger partial charge >= 0.3 is 0 Å². The Labute approximate surface area is 185 Å². The van der Waals surface area contributed by atoms with E-state index >= 15 is 0 Å². The average molecular weight is 432 g/mol. The molecule has 0 unspecified atom stereocenters. The van der Waals surface area contributed by atoms with Crippen molar-refractivity contribution >= 4 is 17.5 Å². The van der Waals surface area contributed by atoms with Crippen LogP contribution >= 0.6 is 11.6 Å². The molecule has 0 spiro atoms. The summed E-state index contributed by atoms with van der Waals surface area (Å²) in [5, 5.41) is 5.42. The van der Waals surface area contributed by atoms with E-state index in [9.17, 15) is 4.79 Å². The number of rotatable bonds is 4. The lowest BCUT2D eigenvalue weighted by atomic mass is 9.89. The lowest BCUT2D eigenvalue weighted by Crippen LogP contribution is -2.38. The molecule has 0 N–H and O–H groups in total. The van der Waals surface area contributed by atoms with Crippen LogP contribution in [0.3, 0.4) is 0 Å². The summed E-state index contributed by atoms with van der Waals surface area (Å²) in [7, 11) is 0. The van der Waals surface area contributed by atoms with E-state index < -0.39 is 0 Å². The zero-order valence-corrected chi connectivity index (χ0v) is 17.7. The maximum absolute atomic E-state index is 13.5. The Balaban J connectivity index is 1.39. The first-order valence-electron chi connectivity index (χ1n) is 10.4. The van der Waals surface area contributed by atoms with E-state index in [-0.39, 0.29) is 5.91 Å². The maximum atomic E-state index is 13.5. The lowest BCUT2D eigenvalue weighted by molar-refractivity contribution is 0.0703. The highest BCUT2D eigenvalue weighted by Crippen LogP contribution is 2.30. The third-order valence-corrected chi connectivity index (χ3v) is 6.08. The van der Waals surface area contributed by atoms with Gasteiger partial charge in [-0.15, -0.1) is 0 Å². The standard InChI is InChI=1S/C25H22ClN3O2/c26-20-10-8-18(9-11-20)19-12-14-28(15-13-19)25(30)23-17-22(24-7-4-16-31-24)27-29(23)21-5-2-1-3-6-21/h1-11,16-17,19H,12-15H2. The SMILES string of the molecule is O=C(c1cc(-c2ccco2)nn1-c1ccccc1)N1CCC(c2ccc(Cl)cc2)CC1. The third kappa shape index (κ3) is 4.01. The number of benzene rings is 2. The number of hydrogen-bond acceptors (Lipinski definition) is 3. The predicted molar refractivity (Wildman–Crippen MR) is 121 cm³/mol. The van der Waals surface area contributed by atoms with Crippen LogP contribution in [0.5, 0.6) is 0 Å². The molecule has 1 saturated heterocycles. The largest absolute Gasteiger partial charge is 0.463 e. The molecule has 156 valence electrons. The molecule has 0 aliphatic carbocycles. The number of piperidine rings is 1. The van der Waals surface area contributed by atoms with Crippen molar-refractivity contribution in [2.45, 2.75) is 18.8 Å². The predicted octanol–water partition coefficient (Wildman–Crippen LogP) is 5.81. The number of para-hydroxylation sites is 1. The minimum atomic E-state index is -0.0104. The van der Waals surface area contributed by atoms with Gasteiger partial charge in [0.2, 0.25) is 0 Å². The number of aromatic nitrogens is 2. The highest BCUT2D eigenvalue weighted by molar-refractivity contribution is 6.30. The fraction of sp³-hybridized carbons (Fsp3) is 0.200. The van der Waals surface area contributed by atoms with E-state index in [0.29, 0.717) is 36.2 Å². The summed E-state index contributed by atoms with van der Waals surface area (Å²) in [5.74, 6) is 1.08. The molecule has 0 bridgehead atoms. The van der Waals surface area contributed by atoms with Crippen molar-refractivity contribution in [3.05, 3.63) is 95.3 Å².